The first-order valence-corrected chi connectivity index (χ1v) is 7.32. The molecule has 3 nitrogen and oxygen atoms in total. The van der Waals surface area contributed by atoms with Crippen molar-refractivity contribution in [1.82, 2.24) is 0 Å². The van der Waals surface area contributed by atoms with Gasteiger partial charge in [0.15, 0.2) is 0 Å². The second kappa shape index (κ2) is 7.55. The van der Waals surface area contributed by atoms with E-state index >= 15 is 0 Å². The second-order valence-electron chi connectivity index (χ2n) is 4.20. The van der Waals surface area contributed by atoms with Crippen molar-refractivity contribution in [3.05, 3.63) is 57.5 Å². The molecule has 0 fully saturated rings. The smallest absolute Gasteiger partial charge is 0.227 e. The fourth-order valence-corrected chi connectivity index (χ4v) is 2.15. The Hall–Kier alpha value is -1.42. The largest absolute Gasteiger partial charge is 0.491 e. The van der Waals surface area contributed by atoms with Crippen molar-refractivity contribution in [2.75, 3.05) is 11.9 Å². The lowest BCUT2D eigenvalue weighted by Crippen LogP contribution is -2.15. The number of halogens is 3. The van der Waals surface area contributed by atoms with E-state index in [1.807, 2.05) is 12.1 Å². The molecule has 0 spiro atoms. The van der Waals surface area contributed by atoms with Gasteiger partial charge in [0.05, 0.1) is 28.8 Å². The van der Waals surface area contributed by atoms with Crippen LogP contribution in [0.2, 0.25) is 15.1 Å². The Morgan fingerprint density at radius 3 is 2.57 bits per heavy atom. The third-order valence-electron chi connectivity index (χ3n) is 2.63. The van der Waals surface area contributed by atoms with Gasteiger partial charge in [0.2, 0.25) is 5.91 Å². The number of amides is 1. The van der Waals surface area contributed by atoms with Crippen molar-refractivity contribution in [2.24, 2.45) is 0 Å². The Kier molecular flexibility index (Phi) is 5.74. The summed E-state index contributed by atoms with van der Waals surface area (Å²) in [6, 6.07) is 12.0. The number of benzene rings is 2. The molecule has 0 bridgehead atoms. The van der Waals surface area contributed by atoms with Crippen LogP contribution in [0, 0.1) is 0 Å². The predicted molar refractivity (Wildman–Crippen MR) is 86.7 cm³/mol. The summed E-state index contributed by atoms with van der Waals surface area (Å²) < 4.78 is 5.45. The van der Waals surface area contributed by atoms with Gasteiger partial charge in [-0.1, -0.05) is 46.9 Å². The highest BCUT2D eigenvalue weighted by molar-refractivity contribution is 6.35. The molecule has 6 heteroatoms. The molecule has 1 N–H and O–H groups in total. The van der Waals surface area contributed by atoms with Crippen molar-refractivity contribution in [1.29, 1.82) is 0 Å². The van der Waals surface area contributed by atoms with Crippen LogP contribution >= 0.6 is 34.8 Å². The maximum atomic E-state index is 11.8. The lowest BCUT2D eigenvalue weighted by atomic mass is 10.3. The number of anilines is 1. The molecule has 0 heterocycles. The minimum atomic E-state index is -0.216. The van der Waals surface area contributed by atoms with Crippen molar-refractivity contribution < 1.29 is 9.53 Å². The van der Waals surface area contributed by atoms with Crippen LogP contribution in [0.25, 0.3) is 0 Å². The summed E-state index contributed by atoms with van der Waals surface area (Å²) in [5.41, 5.74) is 0.479. The summed E-state index contributed by atoms with van der Waals surface area (Å²) in [5.74, 6) is 0.332. The highest BCUT2D eigenvalue weighted by Gasteiger charge is 2.07. The van der Waals surface area contributed by atoms with Crippen LogP contribution in [0.3, 0.4) is 0 Å². The quantitative estimate of drug-likeness (QED) is 0.824. The summed E-state index contributed by atoms with van der Waals surface area (Å²) in [5, 5.41) is 4.13. The number of carbonyl (C=O) groups excluding carboxylic acids is 1. The molecule has 0 aliphatic heterocycles. The standard InChI is InChI=1S/C15H12Cl3NO2/c16-10-5-6-11(17)13(9-10)19-15(20)7-8-21-14-4-2-1-3-12(14)18/h1-6,9H,7-8H2,(H,19,20). The first kappa shape index (κ1) is 16.0. The average molecular weight is 345 g/mol. The van der Waals surface area contributed by atoms with Crippen molar-refractivity contribution in [3.8, 4) is 5.75 Å². The Balaban J connectivity index is 1.85. The van der Waals surface area contributed by atoms with Gasteiger partial charge in [0.1, 0.15) is 5.75 Å². The average Bonchev–Trinajstić information content (AvgIpc) is 2.45. The predicted octanol–water partition coefficient (Wildman–Crippen LogP) is 5.05. The number of para-hydroxylation sites is 1. The topological polar surface area (TPSA) is 38.3 Å². The van der Waals surface area contributed by atoms with Gasteiger partial charge in [0.25, 0.3) is 0 Å². The van der Waals surface area contributed by atoms with Crippen LogP contribution < -0.4 is 10.1 Å². The number of ether oxygens (including phenoxy) is 1. The summed E-state index contributed by atoms with van der Waals surface area (Å²) in [6.45, 7) is 0.216. The summed E-state index contributed by atoms with van der Waals surface area (Å²) in [7, 11) is 0. The minimum Gasteiger partial charge on any atom is -0.491 e. The van der Waals surface area contributed by atoms with Crippen LogP contribution in [0.1, 0.15) is 6.42 Å². The van der Waals surface area contributed by atoms with E-state index in [9.17, 15) is 4.79 Å². The van der Waals surface area contributed by atoms with Crippen molar-refractivity contribution in [3.63, 3.8) is 0 Å². The molecule has 0 aromatic heterocycles. The summed E-state index contributed by atoms with van der Waals surface area (Å²) >= 11 is 17.8. The second-order valence-corrected chi connectivity index (χ2v) is 5.45. The third-order valence-corrected chi connectivity index (χ3v) is 3.50. The van der Waals surface area contributed by atoms with E-state index in [1.165, 1.54) is 0 Å². The zero-order valence-electron chi connectivity index (χ0n) is 10.9. The van der Waals surface area contributed by atoms with Crippen molar-refractivity contribution >= 4 is 46.4 Å². The van der Waals surface area contributed by atoms with E-state index in [2.05, 4.69) is 5.32 Å². The van der Waals surface area contributed by atoms with E-state index in [-0.39, 0.29) is 18.9 Å². The van der Waals surface area contributed by atoms with Crippen LogP contribution in [-0.4, -0.2) is 12.5 Å². The Labute approximate surface area is 137 Å². The molecule has 2 rings (SSSR count). The van der Waals surface area contributed by atoms with Crippen LogP contribution in [0.4, 0.5) is 5.69 Å². The van der Waals surface area contributed by atoms with Gasteiger partial charge in [-0.05, 0) is 30.3 Å². The number of hydrogen-bond acceptors (Lipinski definition) is 2. The molecule has 0 aliphatic rings. The zero-order valence-corrected chi connectivity index (χ0v) is 13.2. The normalized spacial score (nSPS) is 10.2. The first-order chi connectivity index (χ1) is 10.1. The molecule has 0 saturated carbocycles. The number of carbonyl (C=O) groups is 1. The Bertz CT molecular complexity index is 647. The molecule has 0 atom stereocenters. The van der Waals surface area contributed by atoms with E-state index in [4.69, 9.17) is 39.5 Å². The van der Waals surface area contributed by atoms with E-state index in [0.29, 0.717) is 26.5 Å². The van der Waals surface area contributed by atoms with Gasteiger partial charge >= 0.3 is 0 Å². The van der Waals surface area contributed by atoms with E-state index in [0.717, 1.165) is 0 Å². The first-order valence-electron chi connectivity index (χ1n) is 6.18. The highest BCUT2D eigenvalue weighted by atomic mass is 35.5. The molecule has 0 aliphatic carbocycles. The third kappa shape index (κ3) is 4.81. The summed E-state index contributed by atoms with van der Waals surface area (Å²) in [4.78, 5) is 11.8. The number of rotatable bonds is 5. The van der Waals surface area contributed by atoms with E-state index < -0.39 is 0 Å². The number of nitrogens with one attached hydrogen (secondary N) is 1. The molecule has 0 unspecified atom stereocenters. The van der Waals surface area contributed by atoms with Gasteiger partial charge in [0, 0.05) is 5.02 Å². The molecule has 0 saturated heterocycles. The molecule has 2 aromatic carbocycles. The molecule has 0 radical (unpaired) electrons. The zero-order chi connectivity index (χ0) is 15.2. The molecule has 2 aromatic rings. The fourth-order valence-electron chi connectivity index (χ4n) is 1.62. The van der Waals surface area contributed by atoms with Crippen LogP contribution in [-0.2, 0) is 4.79 Å². The maximum absolute atomic E-state index is 11.8. The van der Waals surface area contributed by atoms with Gasteiger partial charge in [-0.3, -0.25) is 4.79 Å². The maximum Gasteiger partial charge on any atom is 0.227 e. The van der Waals surface area contributed by atoms with Gasteiger partial charge in [-0.2, -0.15) is 0 Å². The Morgan fingerprint density at radius 1 is 1.05 bits per heavy atom. The van der Waals surface area contributed by atoms with Crippen LogP contribution in [0.5, 0.6) is 5.75 Å². The van der Waals surface area contributed by atoms with E-state index in [1.54, 1.807) is 30.3 Å². The SMILES string of the molecule is O=C(CCOc1ccccc1Cl)Nc1cc(Cl)ccc1Cl. The number of hydrogen-bond donors (Lipinski definition) is 1. The van der Waals surface area contributed by atoms with Gasteiger partial charge in [-0.15, -0.1) is 0 Å². The Morgan fingerprint density at radius 2 is 1.81 bits per heavy atom. The molecular formula is C15H12Cl3NO2. The van der Waals surface area contributed by atoms with Gasteiger partial charge < -0.3 is 10.1 Å². The molecular weight excluding hydrogens is 333 g/mol. The minimum absolute atomic E-state index is 0.175. The molecule has 1 amide bonds. The monoisotopic (exact) mass is 343 g/mol. The molecule has 21 heavy (non-hydrogen) atoms. The van der Waals surface area contributed by atoms with Gasteiger partial charge in [-0.25, -0.2) is 0 Å². The molecule has 110 valence electrons. The van der Waals surface area contributed by atoms with Crippen molar-refractivity contribution in [2.45, 2.75) is 6.42 Å². The summed E-state index contributed by atoms with van der Waals surface area (Å²) in [6.07, 6.45) is 0.175. The lowest BCUT2D eigenvalue weighted by Gasteiger charge is -2.09. The highest BCUT2D eigenvalue weighted by Crippen LogP contribution is 2.26. The van der Waals surface area contributed by atoms with Crippen LogP contribution in [0.15, 0.2) is 42.5 Å². The lowest BCUT2D eigenvalue weighted by molar-refractivity contribution is -0.116. The fraction of sp³-hybridized carbons (Fsp3) is 0.133.